The Morgan fingerprint density at radius 1 is 1.35 bits per heavy atom. The Hall–Kier alpha value is -1.55. The molecule has 1 amide bonds. The van der Waals surface area contributed by atoms with E-state index in [1.165, 1.54) is 0 Å². The molecular weight excluding hydrogens is 252 g/mol. The molecule has 1 fully saturated rings. The quantitative estimate of drug-likeness (QED) is 0.892. The number of likely N-dealkylation sites (tertiary alicyclic amines) is 1. The first-order valence-corrected chi connectivity index (χ1v) is 7.37. The van der Waals surface area contributed by atoms with Gasteiger partial charge in [-0.05, 0) is 25.5 Å². The Balaban J connectivity index is 1.89. The predicted molar refractivity (Wildman–Crippen MR) is 80.0 cm³/mol. The summed E-state index contributed by atoms with van der Waals surface area (Å²) < 4.78 is 5.30. The van der Waals surface area contributed by atoms with E-state index in [-0.39, 0.29) is 5.91 Å². The van der Waals surface area contributed by atoms with Gasteiger partial charge in [-0.2, -0.15) is 0 Å². The van der Waals surface area contributed by atoms with Crippen LogP contribution >= 0.6 is 0 Å². The maximum Gasteiger partial charge on any atom is 0.227 e. The van der Waals surface area contributed by atoms with E-state index >= 15 is 0 Å². The first kappa shape index (κ1) is 14.9. The summed E-state index contributed by atoms with van der Waals surface area (Å²) in [5.74, 6) is 0.993. The van der Waals surface area contributed by atoms with Gasteiger partial charge in [0.05, 0.1) is 13.5 Å². The molecule has 0 atom stereocenters. The number of ether oxygens (including phenoxy) is 1. The van der Waals surface area contributed by atoms with Crippen LogP contribution in [-0.4, -0.2) is 43.6 Å². The number of methoxy groups -OCH3 is 1. The van der Waals surface area contributed by atoms with Gasteiger partial charge in [0.25, 0.3) is 0 Å². The van der Waals surface area contributed by atoms with Crippen molar-refractivity contribution in [3.63, 3.8) is 0 Å². The van der Waals surface area contributed by atoms with Crippen LogP contribution < -0.4 is 10.1 Å². The summed E-state index contributed by atoms with van der Waals surface area (Å²) in [4.78, 5) is 14.3. The third-order valence-corrected chi connectivity index (χ3v) is 3.87. The number of nitrogens with one attached hydrogen (secondary N) is 1. The molecule has 0 bridgehead atoms. The number of para-hydroxylation sites is 1. The lowest BCUT2D eigenvalue weighted by molar-refractivity contribution is -0.131. The van der Waals surface area contributed by atoms with E-state index in [4.69, 9.17) is 4.74 Å². The van der Waals surface area contributed by atoms with Gasteiger partial charge >= 0.3 is 0 Å². The number of benzene rings is 1. The lowest BCUT2D eigenvalue weighted by atomic mass is 10.0. The Morgan fingerprint density at radius 2 is 2.05 bits per heavy atom. The molecule has 0 unspecified atom stereocenters. The number of nitrogens with zero attached hydrogens (tertiary/aromatic N) is 1. The maximum atomic E-state index is 12.4. The first-order valence-electron chi connectivity index (χ1n) is 7.37. The largest absolute Gasteiger partial charge is 0.496 e. The standard InChI is InChI=1S/C16H24N2O2/c1-3-17-14-8-10-18(11-9-14)16(19)12-13-6-4-5-7-15(13)20-2/h4-7,14,17H,3,8-12H2,1-2H3. The van der Waals surface area contributed by atoms with Crippen LogP contribution in [0.25, 0.3) is 0 Å². The van der Waals surface area contributed by atoms with Crippen LogP contribution in [0.15, 0.2) is 24.3 Å². The van der Waals surface area contributed by atoms with Crippen molar-refractivity contribution in [1.82, 2.24) is 10.2 Å². The second-order valence-electron chi connectivity index (χ2n) is 5.20. The van der Waals surface area contributed by atoms with E-state index in [1.807, 2.05) is 29.2 Å². The Kier molecular flexibility index (Phi) is 5.41. The zero-order chi connectivity index (χ0) is 14.4. The molecule has 0 aromatic heterocycles. The van der Waals surface area contributed by atoms with Crippen molar-refractivity contribution in [3.05, 3.63) is 29.8 Å². The van der Waals surface area contributed by atoms with Gasteiger partial charge in [-0.15, -0.1) is 0 Å². The fourth-order valence-electron chi connectivity index (χ4n) is 2.75. The molecular formula is C16H24N2O2. The van der Waals surface area contributed by atoms with E-state index in [0.29, 0.717) is 12.5 Å². The van der Waals surface area contributed by atoms with Gasteiger partial charge in [-0.3, -0.25) is 4.79 Å². The molecule has 1 saturated heterocycles. The van der Waals surface area contributed by atoms with Crippen molar-refractivity contribution >= 4 is 5.91 Å². The van der Waals surface area contributed by atoms with Gasteiger partial charge in [0.1, 0.15) is 5.75 Å². The monoisotopic (exact) mass is 276 g/mol. The highest BCUT2D eigenvalue weighted by Crippen LogP contribution is 2.19. The van der Waals surface area contributed by atoms with Gasteiger partial charge < -0.3 is 15.0 Å². The van der Waals surface area contributed by atoms with E-state index < -0.39 is 0 Å². The van der Waals surface area contributed by atoms with Gasteiger partial charge in [0.2, 0.25) is 5.91 Å². The number of amides is 1. The number of rotatable bonds is 5. The SMILES string of the molecule is CCNC1CCN(C(=O)Cc2ccccc2OC)CC1. The average molecular weight is 276 g/mol. The van der Waals surface area contributed by atoms with E-state index in [1.54, 1.807) is 7.11 Å². The van der Waals surface area contributed by atoms with Crippen molar-refractivity contribution in [3.8, 4) is 5.75 Å². The second kappa shape index (κ2) is 7.29. The minimum Gasteiger partial charge on any atom is -0.496 e. The number of piperidine rings is 1. The molecule has 0 saturated carbocycles. The summed E-state index contributed by atoms with van der Waals surface area (Å²) in [6, 6.07) is 8.30. The zero-order valence-electron chi connectivity index (χ0n) is 12.4. The summed E-state index contributed by atoms with van der Waals surface area (Å²) in [6.07, 6.45) is 2.52. The van der Waals surface area contributed by atoms with E-state index in [9.17, 15) is 4.79 Å². The normalized spacial score (nSPS) is 16.2. The van der Waals surface area contributed by atoms with Gasteiger partial charge in [0, 0.05) is 24.7 Å². The van der Waals surface area contributed by atoms with Gasteiger partial charge in [0.15, 0.2) is 0 Å². The van der Waals surface area contributed by atoms with Crippen LogP contribution in [0.5, 0.6) is 5.75 Å². The molecule has 1 aliphatic rings. The lowest BCUT2D eigenvalue weighted by Gasteiger charge is -2.32. The molecule has 110 valence electrons. The minimum absolute atomic E-state index is 0.199. The molecule has 0 radical (unpaired) electrons. The second-order valence-corrected chi connectivity index (χ2v) is 5.20. The third kappa shape index (κ3) is 3.73. The number of carbonyl (C=O) groups excluding carboxylic acids is 1. The first-order chi connectivity index (χ1) is 9.74. The molecule has 4 nitrogen and oxygen atoms in total. The molecule has 1 N–H and O–H groups in total. The summed E-state index contributed by atoms with van der Waals surface area (Å²) >= 11 is 0. The Labute approximate surface area is 121 Å². The molecule has 1 heterocycles. The summed E-state index contributed by atoms with van der Waals surface area (Å²) in [5, 5.41) is 3.45. The van der Waals surface area contributed by atoms with E-state index in [0.717, 1.165) is 43.8 Å². The van der Waals surface area contributed by atoms with Crippen molar-refractivity contribution in [2.75, 3.05) is 26.7 Å². The predicted octanol–water partition coefficient (Wildman–Crippen LogP) is 1.84. The van der Waals surface area contributed by atoms with Crippen LogP contribution in [0.2, 0.25) is 0 Å². The molecule has 4 heteroatoms. The lowest BCUT2D eigenvalue weighted by Crippen LogP contribution is -2.45. The molecule has 2 rings (SSSR count). The number of carbonyl (C=O) groups is 1. The third-order valence-electron chi connectivity index (χ3n) is 3.87. The van der Waals surface area contributed by atoms with Crippen LogP contribution in [0.3, 0.4) is 0 Å². The zero-order valence-corrected chi connectivity index (χ0v) is 12.4. The van der Waals surface area contributed by atoms with Crippen LogP contribution in [0.4, 0.5) is 0 Å². The molecule has 1 aromatic rings. The Bertz CT molecular complexity index is 440. The topological polar surface area (TPSA) is 41.6 Å². The highest BCUT2D eigenvalue weighted by atomic mass is 16.5. The van der Waals surface area contributed by atoms with Crippen molar-refractivity contribution < 1.29 is 9.53 Å². The average Bonchev–Trinajstić information content (AvgIpc) is 2.49. The molecule has 20 heavy (non-hydrogen) atoms. The summed E-state index contributed by atoms with van der Waals surface area (Å²) in [5.41, 5.74) is 0.966. The summed E-state index contributed by atoms with van der Waals surface area (Å²) in [7, 11) is 1.64. The van der Waals surface area contributed by atoms with Crippen LogP contribution in [0.1, 0.15) is 25.3 Å². The van der Waals surface area contributed by atoms with Crippen molar-refractivity contribution in [2.45, 2.75) is 32.2 Å². The van der Waals surface area contributed by atoms with Gasteiger partial charge in [-0.1, -0.05) is 25.1 Å². The van der Waals surface area contributed by atoms with Crippen molar-refractivity contribution in [2.24, 2.45) is 0 Å². The minimum atomic E-state index is 0.199. The number of hydrogen-bond acceptors (Lipinski definition) is 3. The number of hydrogen-bond donors (Lipinski definition) is 1. The fraction of sp³-hybridized carbons (Fsp3) is 0.562. The fourth-order valence-corrected chi connectivity index (χ4v) is 2.75. The van der Waals surface area contributed by atoms with Crippen molar-refractivity contribution in [1.29, 1.82) is 0 Å². The molecule has 1 aliphatic heterocycles. The maximum absolute atomic E-state index is 12.4. The molecule has 1 aromatic carbocycles. The highest BCUT2D eigenvalue weighted by Gasteiger charge is 2.22. The van der Waals surface area contributed by atoms with Gasteiger partial charge in [-0.25, -0.2) is 0 Å². The van der Waals surface area contributed by atoms with Crippen LogP contribution in [-0.2, 0) is 11.2 Å². The Morgan fingerprint density at radius 3 is 2.70 bits per heavy atom. The molecule has 0 spiro atoms. The molecule has 0 aliphatic carbocycles. The van der Waals surface area contributed by atoms with Crippen LogP contribution in [0, 0.1) is 0 Å². The highest BCUT2D eigenvalue weighted by molar-refractivity contribution is 5.79. The summed E-state index contributed by atoms with van der Waals surface area (Å²) in [6.45, 7) is 4.83. The van der Waals surface area contributed by atoms with E-state index in [2.05, 4.69) is 12.2 Å². The smallest absolute Gasteiger partial charge is 0.227 e.